The molecule has 0 N–H and O–H groups in total. The van der Waals surface area contributed by atoms with Crippen LogP contribution in [0, 0.1) is 6.07 Å². The molecule has 0 fully saturated rings. The average Bonchev–Trinajstić information content (AvgIpc) is 3.80. The largest absolute Gasteiger partial charge is 2.00 e. The van der Waals surface area contributed by atoms with Crippen LogP contribution in [0.25, 0.3) is 83.1 Å². The summed E-state index contributed by atoms with van der Waals surface area (Å²) in [7, 11) is 0. The molecule has 0 saturated heterocycles. The maximum absolute atomic E-state index is 5.77. The fraction of sp³-hybridized carbons (Fsp3) is 0.333. The molecule has 3 aromatic heterocycles. The molecule has 5 heteroatoms. The number of pyridine rings is 1. The van der Waals surface area contributed by atoms with E-state index >= 15 is 0 Å². The number of benzene rings is 6. The number of rotatable bonds is 4. The molecule has 4 nitrogen and oxygen atoms in total. The molecular weight excluding hydrogens is 972 g/mol. The number of para-hydroxylation sites is 1. The minimum atomic E-state index is -0.156. The van der Waals surface area contributed by atoms with E-state index in [0.717, 1.165) is 72.3 Å². The first-order chi connectivity index (χ1) is 29.9. The number of imidazole rings is 1. The summed E-state index contributed by atoms with van der Waals surface area (Å²) in [6.07, 6.45) is 1.90. The quantitative estimate of drug-likeness (QED) is 0.165. The van der Waals surface area contributed by atoms with Crippen molar-refractivity contribution in [3.63, 3.8) is 0 Å². The summed E-state index contributed by atoms with van der Waals surface area (Å²) in [6.45, 7) is 34.3. The average molecular weight is 1040 g/mol. The van der Waals surface area contributed by atoms with Gasteiger partial charge >= 0.3 is 21.1 Å². The SMILES string of the molecule is CC(C)(C)c1ccc(-n2c(-c3[c-]c(-c4cc(C(C)(C)C)cc5cccnc45)cc(C(C)(C)C)c3)nc3c(-c4cc(C(C)(C)C)cc5c4[n-]c4ccc(C(C)(C)C)cc45)cccc32)cc1.[Pt+2]. The van der Waals surface area contributed by atoms with E-state index in [2.05, 4.69) is 218 Å². The van der Waals surface area contributed by atoms with Gasteiger partial charge in [-0.3, -0.25) is 9.97 Å². The van der Waals surface area contributed by atoms with Gasteiger partial charge in [-0.05, 0) is 95.3 Å². The molecule has 0 amide bonds. The first-order valence-electron chi connectivity index (χ1n) is 23.0. The van der Waals surface area contributed by atoms with E-state index in [-0.39, 0.29) is 48.1 Å². The second kappa shape index (κ2) is 15.9. The van der Waals surface area contributed by atoms with Crippen LogP contribution in [0.5, 0.6) is 0 Å². The molecule has 0 saturated carbocycles. The number of hydrogen-bond acceptors (Lipinski definition) is 2. The number of hydrogen-bond donors (Lipinski definition) is 0. The summed E-state index contributed by atoms with van der Waals surface area (Å²) in [4.78, 5) is 16.2. The topological polar surface area (TPSA) is 44.8 Å². The Hall–Kier alpha value is -5.31. The van der Waals surface area contributed by atoms with Crippen molar-refractivity contribution in [1.29, 1.82) is 0 Å². The van der Waals surface area contributed by atoms with E-state index in [4.69, 9.17) is 15.0 Å². The molecule has 334 valence electrons. The van der Waals surface area contributed by atoms with Crippen molar-refractivity contribution in [2.45, 2.75) is 131 Å². The first-order valence-corrected chi connectivity index (χ1v) is 23.0. The van der Waals surface area contributed by atoms with E-state index in [1.807, 2.05) is 12.3 Å². The van der Waals surface area contributed by atoms with E-state index in [1.165, 1.54) is 38.6 Å². The molecular formula is C60H64N4Pt. The number of aromatic nitrogens is 4. The van der Waals surface area contributed by atoms with Crippen LogP contribution in [-0.4, -0.2) is 14.5 Å². The fourth-order valence-corrected chi connectivity index (χ4v) is 9.00. The summed E-state index contributed by atoms with van der Waals surface area (Å²) >= 11 is 0. The molecule has 6 aromatic carbocycles. The van der Waals surface area contributed by atoms with Gasteiger partial charge in [0.25, 0.3) is 0 Å². The van der Waals surface area contributed by atoms with E-state index in [1.54, 1.807) is 0 Å². The number of fused-ring (bicyclic) bond motifs is 5. The predicted octanol–water partition coefficient (Wildman–Crippen LogP) is 16.1. The Kier molecular flexibility index (Phi) is 11.3. The van der Waals surface area contributed by atoms with Crippen LogP contribution >= 0.6 is 0 Å². The Balaban J connectivity index is 0.00000576. The Labute approximate surface area is 401 Å². The van der Waals surface area contributed by atoms with Crippen LogP contribution < -0.4 is 4.98 Å². The van der Waals surface area contributed by atoms with Gasteiger partial charge in [-0.2, -0.15) is 0 Å². The van der Waals surface area contributed by atoms with Crippen molar-refractivity contribution in [3.8, 4) is 39.3 Å². The van der Waals surface area contributed by atoms with Crippen molar-refractivity contribution in [3.05, 3.63) is 149 Å². The molecule has 0 spiro atoms. The maximum atomic E-state index is 5.77. The third-order valence-corrected chi connectivity index (χ3v) is 13.2. The standard InChI is InChI=1S/C60H64N4.Pt/c1-56(2,3)39-21-24-44(25-22-39)64-51-20-16-19-45(48-34-43(60(13,14)15)35-49-47-32-40(57(4,5)6)23-26-50(47)62-53(48)49)54(51)63-55(64)38-28-37(30-41(31-38)58(7,8)9)46-33-42(59(10,11)12)29-36-18-17-27-61-52(36)46;/h16-27,29-35H,1-15H3;/q-2;+2. The van der Waals surface area contributed by atoms with Gasteiger partial charge in [0.1, 0.15) is 0 Å². The summed E-state index contributed by atoms with van der Waals surface area (Å²) in [6, 6.07) is 44.7. The Morgan fingerprint density at radius 2 is 1.05 bits per heavy atom. The van der Waals surface area contributed by atoms with Crippen LogP contribution in [0.15, 0.2) is 115 Å². The Bertz CT molecular complexity index is 3270. The normalized spacial score (nSPS) is 13.0. The van der Waals surface area contributed by atoms with E-state index in [9.17, 15) is 0 Å². The molecule has 0 bridgehead atoms. The van der Waals surface area contributed by atoms with Gasteiger partial charge in [0.2, 0.25) is 0 Å². The smallest absolute Gasteiger partial charge is 0.656 e. The zero-order valence-electron chi connectivity index (χ0n) is 41.1. The monoisotopic (exact) mass is 1040 g/mol. The third kappa shape index (κ3) is 8.53. The second-order valence-corrected chi connectivity index (χ2v) is 23.3. The Morgan fingerprint density at radius 1 is 0.477 bits per heavy atom. The predicted molar refractivity (Wildman–Crippen MR) is 273 cm³/mol. The van der Waals surface area contributed by atoms with E-state index < -0.39 is 0 Å². The molecule has 9 aromatic rings. The van der Waals surface area contributed by atoms with Crippen molar-refractivity contribution in [1.82, 2.24) is 19.5 Å². The van der Waals surface area contributed by atoms with Gasteiger partial charge in [0, 0.05) is 23.0 Å². The van der Waals surface area contributed by atoms with Crippen molar-refractivity contribution < 1.29 is 21.1 Å². The summed E-state index contributed by atoms with van der Waals surface area (Å²) in [5, 5.41) is 3.52. The molecule has 0 radical (unpaired) electrons. The van der Waals surface area contributed by atoms with Crippen LogP contribution in [0.4, 0.5) is 0 Å². The first kappa shape index (κ1) is 46.2. The summed E-state index contributed by atoms with van der Waals surface area (Å²) in [5.74, 6) is 0.848. The third-order valence-electron chi connectivity index (χ3n) is 13.2. The Morgan fingerprint density at radius 3 is 1.69 bits per heavy atom. The molecule has 9 rings (SSSR count). The minimum Gasteiger partial charge on any atom is -0.656 e. The zero-order valence-corrected chi connectivity index (χ0v) is 43.3. The van der Waals surface area contributed by atoms with Crippen LogP contribution in [-0.2, 0) is 48.1 Å². The molecule has 0 unspecified atom stereocenters. The van der Waals surface area contributed by atoms with Gasteiger partial charge in [-0.15, -0.1) is 40.4 Å². The van der Waals surface area contributed by atoms with E-state index in [0.29, 0.717) is 0 Å². The van der Waals surface area contributed by atoms with Crippen molar-refractivity contribution in [2.75, 3.05) is 0 Å². The molecule has 0 aliphatic heterocycles. The van der Waals surface area contributed by atoms with Crippen LogP contribution in [0.3, 0.4) is 0 Å². The second-order valence-electron chi connectivity index (χ2n) is 23.3. The maximum Gasteiger partial charge on any atom is 2.00 e. The molecule has 0 aliphatic carbocycles. The number of nitrogens with zero attached hydrogens (tertiary/aromatic N) is 4. The van der Waals surface area contributed by atoms with Gasteiger partial charge in [0.15, 0.2) is 0 Å². The van der Waals surface area contributed by atoms with Gasteiger partial charge in [-0.25, -0.2) is 0 Å². The molecule has 0 atom stereocenters. The zero-order chi connectivity index (χ0) is 45.9. The van der Waals surface area contributed by atoms with Crippen LogP contribution in [0.1, 0.15) is 132 Å². The van der Waals surface area contributed by atoms with Crippen molar-refractivity contribution >= 4 is 43.7 Å². The summed E-state index contributed by atoms with van der Waals surface area (Å²) < 4.78 is 2.35. The van der Waals surface area contributed by atoms with Crippen molar-refractivity contribution in [2.24, 2.45) is 0 Å². The van der Waals surface area contributed by atoms with Gasteiger partial charge in [0.05, 0.1) is 16.9 Å². The molecule has 0 aliphatic rings. The summed E-state index contributed by atoms with van der Waals surface area (Å²) in [5.41, 5.74) is 17.3. The minimum absolute atomic E-state index is 0. The molecule has 3 heterocycles. The van der Waals surface area contributed by atoms with Gasteiger partial charge in [-0.1, -0.05) is 188 Å². The van der Waals surface area contributed by atoms with Crippen LogP contribution in [0.2, 0.25) is 0 Å². The molecule has 65 heavy (non-hydrogen) atoms. The van der Waals surface area contributed by atoms with Gasteiger partial charge < -0.3 is 9.55 Å². The fourth-order valence-electron chi connectivity index (χ4n) is 9.00.